The predicted octanol–water partition coefficient (Wildman–Crippen LogP) is 3.96. The molecule has 0 radical (unpaired) electrons. The molecule has 114 valence electrons. The van der Waals surface area contributed by atoms with Crippen LogP contribution >= 0.6 is 11.3 Å². The number of thiophene rings is 1. The lowest BCUT2D eigenvalue weighted by molar-refractivity contribution is -0.0518. The second-order valence-corrected chi connectivity index (χ2v) is 5.25. The van der Waals surface area contributed by atoms with Crippen LogP contribution in [0.25, 0.3) is 0 Å². The molecule has 6 heteroatoms. The monoisotopic (exact) mass is 313 g/mol. The Kier molecular flexibility index (Phi) is 5.52. The van der Waals surface area contributed by atoms with Crippen LogP contribution in [0.1, 0.15) is 16.7 Å². The fourth-order valence-corrected chi connectivity index (χ4v) is 2.84. The van der Waals surface area contributed by atoms with Crippen LogP contribution in [0, 0.1) is 6.92 Å². The molecule has 0 spiro atoms. The highest BCUT2D eigenvalue weighted by molar-refractivity contribution is 7.08. The minimum absolute atomic E-state index is 0.0875. The number of alkyl halides is 2. The van der Waals surface area contributed by atoms with Crippen LogP contribution in [0.5, 0.6) is 11.5 Å². The lowest BCUT2D eigenvalue weighted by Gasteiger charge is -2.14. The van der Waals surface area contributed by atoms with E-state index in [-0.39, 0.29) is 5.75 Å². The molecular formula is C15H17F2NO2S. The van der Waals surface area contributed by atoms with Gasteiger partial charge in [-0.25, -0.2) is 0 Å². The maximum atomic E-state index is 12.5. The highest BCUT2D eigenvalue weighted by atomic mass is 32.1. The largest absolute Gasteiger partial charge is 0.493 e. The standard InChI is InChI=1S/C15H17F2NO2S/c1-10-8-21-9-12(10)7-18-6-11-4-3-5-13(19-2)14(11)20-15(16)17/h3-5,8-9,15,18H,6-7H2,1-2H3. The highest BCUT2D eigenvalue weighted by Gasteiger charge is 2.15. The molecule has 0 aliphatic carbocycles. The first-order chi connectivity index (χ1) is 10.1. The van der Waals surface area contributed by atoms with Crippen molar-refractivity contribution in [2.24, 2.45) is 0 Å². The van der Waals surface area contributed by atoms with Gasteiger partial charge in [0.1, 0.15) is 0 Å². The Hall–Kier alpha value is -1.66. The maximum absolute atomic E-state index is 12.5. The van der Waals surface area contributed by atoms with Gasteiger partial charge in [-0.1, -0.05) is 12.1 Å². The number of aryl methyl sites for hydroxylation is 1. The van der Waals surface area contributed by atoms with E-state index in [1.54, 1.807) is 29.5 Å². The van der Waals surface area contributed by atoms with Crippen LogP contribution < -0.4 is 14.8 Å². The van der Waals surface area contributed by atoms with E-state index in [0.29, 0.717) is 24.4 Å². The Bertz CT molecular complexity index is 587. The normalized spacial score (nSPS) is 10.9. The summed E-state index contributed by atoms with van der Waals surface area (Å²) in [4.78, 5) is 0. The van der Waals surface area contributed by atoms with E-state index >= 15 is 0 Å². The molecule has 0 saturated carbocycles. The summed E-state index contributed by atoms with van der Waals surface area (Å²) in [5.74, 6) is 0.394. The van der Waals surface area contributed by atoms with Gasteiger partial charge in [0.25, 0.3) is 0 Å². The molecule has 21 heavy (non-hydrogen) atoms. The molecule has 0 saturated heterocycles. The van der Waals surface area contributed by atoms with Crippen molar-refractivity contribution in [2.75, 3.05) is 7.11 Å². The molecule has 1 aromatic carbocycles. The van der Waals surface area contributed by atoms with Crippen LogP contribution in [0.2, 0.25) is 0 Å². The van der Waals surface area contributed by atoms with Gasteiger partial charge in [-0.15, -0.1) is 0 Å². The molecule has 0 fully saturated rings. The van der Waals surface area contributed by atoms with Crippen LogP contribution in [0.4, 0.5) is 8.78 Å². The van der Waals surface area contributed by atoms with Crippen LogP contribution in [0.15, 0.2) is 29.0 Å². The zero-order valence-corrected chi connectivity index (χ0v) is 12.7. The first-order valence-corrected chi connectivity index (χ1v) is 7.39. The topological polar surface area (TPSA) is 30.5 Å². The van der Waals surface area contributed by atoms with Gasteiger partial charge >= 0.3 is 6.61 Å². The lowest BCUT2D eigenvalue weighted by Crippen LogP contribution is -2.15. The fraction of sp³-hybridized carbons (Fsp3) is 0.333. The predicted molar refractivity (Wildman–Crippen MR) is 79.2 cm³/mol. The molecule has 2 aromatic rings. The minimum atomic E-state index is -2.88. The highest BCUT2D eigenvalue weighted by Crippen LogP contribution is 2.32. The molecular weight excluding hydrogens is 296 g/mol. The Labute approximate surface area is 126 Å². The van der Waals surface area contributed by atoms with Gasteiger partial charge in [0.05, 0.1) is 7.11 Å². The Balaban J connectivity index is 2.06. The Morgan fingerprint density at radius 3 is 2.57 bits per heavy atom. The SMILES string of the molecule is COc1cccc(CNCc2cscc2C)c1OC(F)F. The third-order valence-corrected chi connectivity index (χ3v) is 3.99. The summed E-state index contributed by atoms with van der Waals surface area (Å²) in [6.45, 7) is 0.277. The van der Waals surface area contributed by atoms with Crippen molar-refractivity contribution < 1.29 is 18.3 Å². The van der Waals surface area contributed by atoms with Crippen molar-refractivity contribution in [2.45, 2.75) is 26.6 Å². The number of hydrogen-bond donors (Lipinski definition) is 1. The van der Waals surface area contributed by atoms with E-state index in [4.69, 9.17) is 4.74 Å². The van der Waals surface area contributed by atoms with Crippen molar-refractivity contribution in [3.05, 3.63) is 45.6 Å². The van der Waals surface area contributed by atoms with Crippen LogP contribution in [-0.2, 0) is 13.1 Å². The first kappa shape index (κ1) is 15.7. The average Bonchev–Trinajstić information content (AvgIpc) is 2.85. The Morgan fingerprint density at radius 2 is 1.95 bits per heavy atom. The summed E-state index contributed by atoms with van der Waals surface area (Å²) in [6, 6.07) is 5.10. The van der Waals surface area contributed by atoms with Gasteiger partial charge in [-0.3, -0.25) is 0 Å². The number of rotatable bonds is 7. The maximum Gasteiger partial charge on any atom is 0.387 e. The molecule has 1 aromatic heterocycles. The summed E-state index contributed by atoms with van der Waals surface area (Å²) < 4.78 is 34.7. The van der Waals surface area contributed by atoms with Crippen molar-refractivity contribution in [1.82, 2.24) is 5.32 Å². The molecule has 1 heterocycles. The number of benzene rings is 1. The number of methoxy groups -OCH3 is 1. The fourth-order valence-electron chi connectivity index (χ4n) is 1.98. The molecule has 2 rings (SSSR count). The summed E-state index contributed by atoms with van der Waals surface area (Å²) in [6.07, 6.45) is 0. The average molecular weight is 313 g/mol. The summed E-state index contributed by atoms with van der Waals surface area (Å²) in [7, 11) is 1.43. The summed E-state index contributed by atoms with van der Waals surface area (Å²) in [5, 5.41) is 7.39. The second kappa shape index (κ2) is 7.38. The van der Waals surface area contributed by atoms with Gasteiger partial charge < -0.3 is 14.8 Å². The van der Waals surface area contributed by atoms with Crippen molar-refractivity contribution in [3.63, 3.8) is 0 Å². The van der Waals surface area contributed by atoms with E-state index in [0.717, 1.165) is 0 Å². The molecule has 0 aliphatic heterocycles. The van der Waals surface area contributed by atoms with E-state index in [1.165, 1.54) is 18.2 Å². The van der Waals surface area contributed by atoms with Crippen LogP contribution in [0.3, 0.4) is 0 Å². The van der Waals surface area contributed by atoms with Gasteiger partial charge in [-0.2, -0.15) is 20.1 Å². The van der Waals surface area contributed by atoms with E-state index in [1.807, 2.05) is 6.92 Å². The smallest absolute Gasteiger partial charge is 0.387 e. The second-order valence-electron chi connectivity index (χ2n) is 4.51. The zero-order chi connectivity index (χ0) is 15.2. The number of nitrogens with one attached hydrogen (secondary N) is 1. The quantitative estimate of drug-likeness (QED) is 0.839. The van der Waals surface area contributed by atoms with Gasteiger partial charge in [-0.05, 0) is 34.9 Å². The summed E-state index contributed by atoms with van der Waals surface area (Å²) >= 11 is 1.65. The van der Waals surface area contributed by atoms with Crippen molar-refractivity contribution >= 4 is 11.3 Å². The molecule has 1 N–H and O–H groups in total. The van der Waals surface area contributed by atoms with E-state index in [9.17, 15) is 8.78 Å². The van der Waals surface area contributed by atoms with Crippen molar-refractivity contribution in [3.8, 4) is 11.5 Å². The number of halogens is 2. The van der Waals surface area contributed by atoms with Gasteiger partial charge in [0.2, 0.25) is 0 Å². The van der Waals surface area contributed by atoms with Gasteiger partial charge in [0.15, 0.2) is 11.5 Å². The minimum Gasteiger partial charge on any atom is -0.493 e. The third-order valence-electron chi connectivity index (χ3n) is 3.08. The van der Waals surface area contributed by atoms with Crippen LogP contribution in [-0.4, -0.2) is 13.7 Å². The Morgan fingerprint density at radius 1 is 1.19 bits per heavy atom. The first-order valence-electron chi connectivity index (χ1n) is 6.45. The molecule has 0 bridgehead atoms. The molecule has 0 aliphatic rings. The molecule has 0 atom stereocenters. The van der Waals surface area contributed by atoms with Gasteiger partial charge in [0, 0.05) is 18.7 Å². The van der Waals surface area contributed by atoms with Crippen molar-refractivity contribution in [1.29, 1.82) is 0 Å². The molecule has 0 amide bonds. The third kappa shape index (κ3) is 4.15. The molecule has 3 nitrogen and oxygen atoms in total. The number of para-hydroxylation sites is 1. The summed E-state index contributed by atoms with van der Waals surface area (Å²) in [5.41, 5.74) is 3.07. The molecule has 0 unspecified atom stereocenters. The van der Waals surface area contributed by atoms with E-state index in [2.05, 4.69) is 20.8 Å². The number of ether oxygens (including phenoxy) is 2. The zero-order valence-electron chi connectivity index (χ0n) is 11.9. The van der Waals surface area contributed by atoms with E-state index < -0.39 is 6.61 Å². The lowest BCUT2D eigenvalue weighted by atomic mass is 10.1. The number of hydrogen-bond acceptors (Lipinski definition) is 4.